The maximum absolute atomic E-state index is 5.90. The molecule has 1 fully saturated rings. The molecule has 3 rings (SSSR count). The van der Waals surface area contributed by atoms with Gasteiger partial charge in [-0.2, -0.15) is 0 Å². The molecule has 2 N–H and O–H groups in total. The molecule has 90 valence electrons. The number of hydrogen-bond acceptors (Lipinski definition) is 4. The minimum atomic E-state index is 0.258. The zero-order valence-corrected chi connectivity index (χ0v) is 12.7. The highest BCUT2D eigenvalue weighted by molar-refractivity contribution is 9.10. The molecule has 0 radical (unpaired) electrons. The summed E-state index contributed by atoms with van der Waals surface area (Å²) in [5.74, 6) is 0. The lowest BCUT2D eigenvalue weighted by atomic mass is 10.0. The highest BCUT2D eigenvalue weighted by atomic mass is 79.9. The lowest BCUT2D eigenvalue weighted by Gasteiger charge is -2.09. The van der Waals surface area contributed by atoms with Gasteiger partial charge >= 0.3 is 0 Å². The van der Waals surface area contributed by atoms with Crippen LogP contribution in [-0.4, -0.2) is 11.5 Å². The lowest BCUT2D eigenvalue weighted by molar-refractivity contribution is 0.712. The standard InChI is InChI=1S/C12H13BrN2S2/c1-7-10(12(6-14)2-3-12)17-11(15-7)9-4-8(13)5-16-9/h4-5H,2-3,6,14H2,1H3. The molecule has 2 aromatic heterocycles. The second-order valence-electron chi connectivity index (χ2n) is 4.55. The van der Waals surface area contributed by atoms with Gasteiger partial charge in [-0.05, 0) is 41.8 Å². The zero-order chi connectivity index (χ0) is 12.0. The van der Waals surface area contributed by atoms with Crippen LogP contribution >= 0.6 is 38.6 Å². The quantitative estimate of drug-likeness (QED) is 0.926. The van der Waals surface area contributed by atoms with Gasteiger partial charge < -0.3 is 5.73 Å². The summed E-state index contributed by atoms with van der Waals surface area (Å²) in [7, 11) is 0. The molecular weight excluding hydrogens is 316 g/mol. The van der Waals surface area contributed by atoms with Crippen molar-refractivity contribution in [2.45, 2.75) is 25.2 Å². The van der Waals surface area contributed by atoms with Crippen molar-refractivity contribution >= 4 is 38.6 Å². The van der Waals surface area contributed by atoms with E-state index in [0.29, 0.717) is 0 Å². The van der Waals surface area contributed by atoms with Gasteiger partial charge in [0.15, 0.2) is 0 Å². The Labute approximate surface area is 117 Å². The number of hydrogen-bond donors (Lipinski definition) is 1. The smallest absolute Gasteiger partial charge is 0.133 e. The van der Waals surface area contributed by atoms with Gasteiger partial charge in [-0.3, -0.25) is 0 Å². The fourth-order valence-electron chi connectivity index (χ4n) is 2.09. The molecule has 1 aliphatic carbocycles. The number of halogens is 1. The van der Waals surface area contributed by atoms with Crippen molar-refractivity contribution in [3.63, 3.8) is 0 Å². The van der Waals surface area contributed by atoms with E-state index in [2.05, 4.69) is 34.3 Å². The molecule has 2 aromatic rings. The summed E-state index contributed by atoms with van der Waals surface area (Å²) in [6.45, 7) is 2.86. The number of nitrogens with two attached hydrogens (primary N) is 1. The lowest BCUT2D eigenvalue weighted by Crippen LogP contribution is -2.19. The average molecular weight is 329 g/mol. The Kier molecular flexibility index (Phi) is 2.89. The van der Waals surface area contributed by atoms with Crippen LogP contribution in [0.15, 0.2) is 15.9 Å². The summed E-state index contributed by atoms with van der Waals surface area (Å²) >= 11 is 7.04. The summed E-state index contributed by atoms with van der Waals surface area (Å²) in [5, 5.41) is 3.23. The molecule has 1 saturated carbocycles. The summed E-state index contributed by atoms with van der Waals surface area (Å²) < 4.78 is 1.13. The molecule has 5 heteroatoms. The average Bonchev–Trinajstić information content (AvgIpc) is 2.83. The zero-order valence-electron chi connectivity index (χ0n) is 9.50. The van der Waals surface area contributed by atoms with Gasteiger partial charge in [0.05, 0.1) is 10.6 Å². The largest absolute Gasteiger partial charge is 0.330 e. The van der Waals surface area contributed by atoms with Crippen molar-refractivity contribution in [1.29, 1.82) is 0 Å². The number of thiophene rings is 1. The fourth-order valence-corrected chi connectivity index (χ4v) is 4.91. The van der Waals surface area contributed by atoms with Gasteiger partial charge in [0, 0.05) is 26.7 Å². The Balaban J connectivity index is 2.01. The van der Waals surface area contributed by atoms with Crippen LogP contribution in [0.25, 0.3) is 9.88 Å². The van der Waals surface area contributed by atoms with Crippen molar-refractivity contribution in [1.82, 2.24) is 4.98 Å². The predicted octanol–water partition coefficient (Wildman–Crippen LogP) is 3.93. The molecule has 0 unspecified atom stereocenters. The van der Waals surface area contributed by atoms with Gasteiger partial charge in [0.2, 0.25) is 0 Å². The van der Waals surface area contributed by atoms with Gasteiger partial charge in [0.1, 0.15) is 5.01 Å². The minimum absolute atomic E-state index is 0.258. The van der Waals surface area contributed by atoms with Crippen LogP contribution in [-0.2, 0) is 5.41 Å². The predicted molar refractivity (Wildman–Crippen MR) is 77.8 cm³/mol. The Morgan fingerprint density at radius 3 is 2.82 bits per heavy atom. The molecule has 0 aromatic carbocycles. The number of aromatic nitrogens is 1. The summed E-state index contributed by atoms with van der Waals surface area (Å²) in [6.07, 6.45) is 2.44. The van der Waals surface area contributed by atoms with Gasteiger partial charge in [-0.1, -0.05) is 0 Å². The van der Waals surface area contributed by atoms with E-state index in [9.17, 15) is 0 Å². The Bertz CT molecular complexity index is 555. The monoisotopic (exact) mass is 328 g/mol. The van der Waals surface area contributed by atoms with E-state index in [1.807, 2.05) is 11.3 Å². The molecule has 17 heavy (non-hydrogen) atoms. The van der Waals surface area contributed by atoms with Gasteiger partial charge in [-0.25, -0.2) is 4.98 Å². The van der Waals surface area contributed by atoms with Gasteiger partial charge in [-0.15, -0.1) is 22.7 Å². The van der Waals surface area contributed by atoms with Crippen LogP contribution in [0, 0.1) is 6.92 Å². The normalized spacial score (nSPS) is 17.4. The van der Waals surface area contributed by atoms with E-state index < -0.39 is 0 Å². The first-order valence-electron chi connectivity index (χ1n) is 5.57. The molecule has 0 bridgehead atoms. The number of rotatable bonds is 3. The van der Waals surface area contributed by atoms with Crippen molar-refractivity contribution in [3.8, 4) is 9.88 Å². The Morgan fingerprint density at radius 1 is 1.53 bits per heavy atom. The topological polar surface area (TPSA) is 38.9 Å². The van der Waals surface area contributed by atoms with E-state index in [1.165, 1.54) is 22.6 Å². The molecule has 2 heterocycles. The second-order valence-corrected chi connectivity index (χ2v) is 7.37. The van der Waals surface area contributed by atoms with Crippen molar-refractivity contribution < 1.29 is 0 Å². The van der Waals surface area contributed by atoms with Crippen LogP contribution in [0.1, 0.15) is 23.4 Å². The third kappa shape index (κ3) is 1.99. The van der Waals surface area contributed by atoms with Crippen molar-refractivity contribution in [2.75, 3.05) is 6.54 Å². The van der Waals surface area contributed by atoms with Crippen LogP contribution in [0.5, 0.6) is 0 Å². The third-order valence-electron chi connectivity index (χ3n) is 3.30. The van der Waals surface area contributed by atoms with Crippen molar-refractivity contribution in [3.05, 3.63) is 26.5 Å². The van der Waals surface area contributed by atoms with E-state index in [1.54, 1.807) is 11.3 Å². The van der Waals surface area contributed by atoms with E-state index >= 15 is 0 Å². The highest BCUT2D eigenvalue weighted by Gasteiger charge is 2.45. The Hall–Kier alpha value is -0.230. The molecule has 0 aliphatic heterocycles. The van der Waals surface area contributed by atoms with E-state index in [-0.39, 0.29) is 5.41 Å². The molecule has 2 nitrogen and oxygen atoms in total. The maximum atomic E-state index is 5.90. The SMILES string of the molecule is Cc1nc(-c2cc(Br)cs2)sc1C1(CN)CC1. The summed E-state index contributed by atoms with van der Waals surface area (Å²) in [6, 6.07) is 2.13. The van der Waals surface area contributed by atoms with Crippen LogP contribution in [0.3, 0.4) is 0 Å². The van der Waals surface area contributed by atoms with E-state index in [0.717, 1.165) is 21.7 Å². The van der Waals surface area contributed by atoms with Crippen LogP contribution in [0.2, 0.25) is 0 Å². The second kappa shape index (κ2) is 4.16. The first-order valence-corrected chi connectivity index (χ1v) is 8.06. The molecule has 1 aliphatic rings. The third-order valence-corrected chi connectivity index (χ3v) is 6.56. The first-order chi connectivity index (χ1) is 8.14. The van der Waals surface area contributed by atoms with Crippen molar-refractivity contribution in [2.24, 2.45) is 5.73 Å². The highest BCUT2D eigenvalue weighted by Crippen LogP contribution is 2.51. The number of nitrogens with zero attached hydrogens (tertiary/aromatic N) is 1. The summed E-state index contributed by atoms with van der Waals surface area (Å²) in [4.78, 5) is 7.34. The van der Waals surface area contributed by atoms with Crippen LogP contribution < -0.4 is 5.73 Å². The first kappa shape index (κ1) is 11.8. The minimum Gasteiger partial charge on any atom is -0.330 e. The van der Waals surface area contributed by atoms with Gasteiger partial charge in [0.25, 0.3) is 0 Å². The molecule has 0 atom stereocenters. The van der Waals surface area contributed by atoms with E-state index in [4.69, 9.17) is 10.7 Å². The maximum Gasteiger partial charge on any atom is 0.133 e. The molecular formula is C12H13BrN2S2. The molecule has 0 spiro atoms. The fraction of sp³-hybridized carbons (Fsp3) is 0.417. The number of thiazole rings is 1. The number of aryl methyl sites for hydroxylation is 1. The van der Waals surface area contributed by atoms with Crippen LogP contribution in [0.4, 0.5) is 0 Å². The molecule has 0 amide bonds. The molecule has 0 saturated heterocycles. The Morgan fingerprint density at radius 2 is 2.29 bits per heavy atom. The summed E-state index contributed by atoms with van der Waals surface area (Å²) in [5.41, 5.74) is 7.32.